The molecule has 0 bridgehead atoms. The molecule has 0 atom stereocenters. The molecule has 0 spiro atoms. The highest BCUT2D eigenvalue weighted by atomic mass is 16.5. The van der Waals surface area contributed by atoms with Gasteiger partial charge in [-0.25, -0.2) is 0 Å². The average Bonchev–Trinajstić information content (AvgIpc) is 2.60. The molecule has 2 rings (SSSR count). The number of methoxy groups -OCH3 is 2. The van der Waals surface area contributed by atoms with Crippen LogP contribution < -0.4 is 19.7 Å². The highest BCUT2D eigenvalue weighted by Gasteiger charge is 2.17. The predicted molar refractivity (Wildman–Crippen MR) is 97.4 cm³/mol. The first-order chi connectivity index (χ1) is 11.9. The van der Waals surface area contributed by atoms with Crippen LogP contribution in [0.25, 0.3) is 0 Å². The lowest BCUT2D eigenvalue weighted by Crippen LogP contribution is -2.36. The molecule has 25 heavy (non-hydrogen) atoms. The lowest BCUT2D eigenvalue weighted by molar-refractivity contribution is -0.120. The Balaban J connectivity index is 2.14. The summed E-state index contributed by atoms with van der Waals surface area (Å²) in [4.78, 5) is 25.7. The standard InChI is InChI=1S/C19H22N2O4/c1-13-5-7-15(8-6-13)21(14(2)22)12-19(23)20-17-10-9-16(24-3)11-18(17)25-4/h5-11H,12H2,1-4H3,(H,20,23). The third-order valence-electron chi connectivity index (χ3n) is 3.71. The van der Waals surface area contributed by atoms with Gasteiger partial charge in [0.1, 0.15) is 18.0 Å². The SMILES string of the molecule is COc1ccc(NC(=O)CN(C(C)=O)c2ccc(C)cc2)c(OC)c1. The van der Waals surface area contributed by atoms with Gasteiger partial charge < -0.3 is 19.7 Å². The molecule has 0 heterocycles. The maximum absolute atomic E-state index is 12.4. The van der Waals surface area contributed by atoms with Crippen molar-refractivity contribution in [3.8, 4) is 11.5 Å². The van der Waals surface area contributed by atoms with Crippen LogP contribution in [0.1, 0.15) is 12.5 Å². The molecule has 2 aromatic rings. The van der Waals surface area contributed by atoms with Gasteiger partial charge in [0.05, 0.1) is 19.9 Å². The lowest BCUT2D eigenvalue weighted by Gasteiger charge is -2.21. The van der Waals surface area contributed by atoms with Gasteiger partial charge in [-0.3, -0.25) is 9.59 Å². The fourth-order valence-electron chi connectivity index (χ4n) is 2.34. The molecule has 0 unspecified atom stereocenters. The van der Waals surface area contributed by atoms with E-state index in [4.69, 9.17) is 9.47 Å². The van der Waals surface area contributed by atoms with Crippen molar-refractivity contribution in [2.75, 3.05) is 31.0 Å². The molecule has 132 valence electrons. The first-order valence-corrected chi connectivity index (χ1v) is 7.81. The molecule has 1 N–H and O–H groups in total. The van der Waals surface area contributed by atoms with E-state index >= 15 is 0 Å². The summed E-state index contributed by atoms with van der Waals surface area (Å²) < 4.78 is 10.4. The molecule has 0 aliphatic rings. The van der Waals surface area contributed by atoms with Gasteiger partial charge in [0.25, 0.3) is 0 Å². The number of hydrogen-bond acceptors (Lipinski definition) is 4. The van der Waals surface area contributed by atoms with Gasteiger partial charge in [-0.2, -0.15) is 0 Å². The summed E-state index contributed by atoms with van der Waals surface area (Å²) in [5, 5.41) is 2.77. The van der Waals surface area contributed by atoms with E-state index in [1.54, 1.807) is 25.3 Å². The summed E-state index contributed by atoms with van der Waals surface area (Å²) in [6, 6.07) is 12.5. The third-order valence-corrected chi connectivity index (χ3v) is 3.71. The van der Waals surface area contributed by atoms with Crippen LogP contribution in [0.3, 0.4) is 0 Å². The number of carbonyl (C=O) groups excluding carboxylic acids is 2. The molecule has 0 aliphatic carbocycles. The van der Waals surface area contributed by atoms with Crippen LogP contribution in [0.2, 0.25) is 0 Å². The molecule has 0 aromatic heterocycles. The molecule has 6 heteroatoms. The Morgan fingerprint density at radius 1 is 1.04 bits per heavy atom. The van der Waals surface area contributed by atoms with E-state index in [9.17, 15) is 9.59 Å². The summed E-state index contributed by atoms with van der Waals surface area (Å²) in [6.45, 7) is 3.30. The Bertz CT molecular complexity index is 757. The predicted octanol–water partition coefficient (Wildman–Crippen LogP) is 3.00. The summed E-state index contributed by atoms with van der Waals surface area (Å²) in [7, 11) is 3.07. The Morgan fingerprint density at radius 2 is 1.72 bits per heavy atom. The summed E-state index contributed by atoms with van der Waals surface area (Å²) in [5.74, 6) is 0.581. The second-order valence-corrected chi connectivity index (χ2v) is 5.56. The van der Waals surface area contributed by atoms with E-state index in [1.807, 2.05) is 31.2 Å². The van der Waals surface area contributed by atoms with Gasteiger partial charge in [-0.1, -0.05) is 17.7 Å². The highest BCUT2D eigenvalue weighted by molar-refractivity contribution is 6.02. The van der Waals surface area contributed by atoms with Crippen LogP contribution in [-0.4, -0.2) is 32.6 Å². The van der Waals surface area contributed by atoms with Crippen molar-refractivity contribution in [3.05, 3.63) is 48.0 Å². The monoisotopic (exact) mass is 342 g/mol. The molecule has 2 aromatic carbocycles. The van der Waals surface area contributed by atoms with Gasteiger partial charge in [0.15, 0.2) is 0 Å². The normalized spacial score (nSPS) is 10.1. The lowest BCUT2D eigenvalue weighted by atomic mass is 10.2. The second-order valence-electron chi connectivity index (χ2n) is 5.56. The van der Waals surface area contributed by atoms with Gasteiger partial charge in [-0.05, 0) is 31.2 Å². The molecule has 6 nitrogen and oxygen atoms in total. The number of carbonyl (C=O) groups is 2. The van der Waals surface area contributed by atoms with Crippen molar-refractivity contribution in [2.24, 2.45) is 0 Å². The van der Waals surface area contributed by atoms with Crippen LogP contribution in [-0.2, 0) is 9.59 Å². The van der Waals surface area contributed by atoms with E-state index in [0.29, 0.717) is 22.9 Å². The van der Waals surface area contributed by atoms with E-state index in [-0.39, 0.29) is 18.4 Å². The number of benzene rings is 2. The van der Waals surface area contributed by atoms with E-state index in [1.165, 1.54) is 18.9 Å². The van der Waals surface area contributed by atoms with Crippen molar-refractivity contribution in [1.82, 2.24) is 0 Å². The fraction of sp³-hybridized carbons (Fsp3) is 0.263. The van der Waals surface area contributed by atoms with Crippen LogP contribution in [0.5, 0.6) is 11.5 Å². The van der Waals surface area contributed by atoms with Crippen molar-refractivity contribution in [1.29, 1.82) is 0 Å². The minimum absolute atomic E-state index is 0.0897. The summed E-state index contributed by atoms with van der Waals surface area (Å²) in [6.07, 6.45) is 0. The van der Waals surface area contributed by atoms with Crippen molar-refractivity contribution in [3.63, 3.8) is 0 Å². The maximum Gasteiger partial charge on any atom is 0.244 e. The molecular formula is C19H22N2O4. The largest absolute Gasteiger partial charge is 0.497 e. The van der Waals surface area contributed by atoms with Crippen LogP contribution in [0.15, 0.2) is 42.5 Å². The summed E-state index contributed by atoms with van der Waals surface area (Å²) >= 11 is 0. The van der Waals surface area contributed by atoms with Crippen molar-refractivity contribution < 1.29 is 19.1 Å². The quantitative estimate of drug-likeness (QED) is 0.876. The number of rotatable bonds is 6. The number of aryl methyl sites for hydroxylation is 1. The zero-order valence-electron chi connectivity index (χ0n) is 14.8. The Hall–Kier alpha value is -3.02. The van der Waals surface area contributed by atoms with Crippen LogP contribution >= 0.6 is 0 Å². The van der Waals surface area contributed by atoms with Gasteiger partial charge in [-0.15, -0.1) is 0 Å². The van der Waals surface area contributed by atoms with Gasteiger partial charge in [0.2, 0.25) is 11.8 Å². The Labute approximate surface area is 147 Å². The number of anilines is 2. The minimum atomic E-state index is -0.320. The van der Waals surface area contributed by atoms with Crippen molar-refractivity contribution in [2.45, 2.75) is 13.8 Å². The number of hydrogen-bond donors (Lipinski definition) is 1. The first kappa shape index (κ1) is 18.3. The molecule has 0 radical (unpaired) electrons. The van der Waals surface area contributed by atoms with Crippen molar-refractivity contribution >= 4 is 23.2 Å². The van der Waals surface area contributed by atoms with E-state index in [0.717, 1.165) is 5.56 Å². The number of nitrogens with zero attached hydrogens (tertiary/aromatic N) is 1. The average molecular weight is 342 g/mol. The first-order valence-electron chi connectivity index (χ1n) is 7.81. The topological polar surface area (TPSA) is 67.9 Å². The number of nitrogens with one attached hydrogen (secondary N) is 1. The second kappa shape index (κ2) is 8.19. The molecule has 2 amide bonds. The van der Waals surface area contributed by atoms with Crippen LogP contribution in [0.4, 0.5) is 11.4 Å². The zero-order valence-corrected chi connectivity index (χ0v) is 14.8. The Morgan fingerprint density at radius 3 is 2.28 bits per heavy atom. The van der Waals surface area contributed by atoms with Gasteiger partial charge >= 0.3 is 0 Å². The molecule has 0 saturated carbocycles. The molecule has 0 saturated heterocycles. The molecular weight excluding hydrogens is 320 g/mol. The van der Waals surface area contributed by atoms with Gasteiger partial charge in [0, 0.05) is 18.7 Å². The van der Waals surface area contributed by atoms with Crippen LogP contribution in [0, 0.1) is 6.92 Å². The number of amides is 2. The van der Waals surface area contributed by atoms with E-state index < -0.39 is 0 Å². The summed E-state index contributed by atoms with van der Waals surface area (Å²) in [5.41, 5.74) is 2.27. The zero-order chi connectivity index (χ0) is 18.4. The Kier molecular flexibility index (Phi) is 6.00. The third kappa shape index (κ3) is 4.73. The highest BCUT2D eigenvalue weighted by Crippen LogP contribution is 2.29. The smallest absolute Gasteiger partial charge is 0.244 e. The number of ether oxygens (including phenoxy) is 2. The van der Waals surface area contributed by atoms with E-state index in [2.05, 4.69) is 5.32 Å². The minimum Gasteiger partial charge on any atom is -0.497 e. The fourth-order valence-corrected chi connectivity index (χ4v) is 2.34. The molecule has 0 aliphatic heterocycles. The maximum atomic E-state index is 12.4. The molecule has 0 fully saturated rings.